The lowest BCUT2D eigenvalue weighted by molar-refractivity contribution is -0.138. The number of carboxylic acid groups (broad SMARTS) is 1. The lowest BCUT2D eigenvalue weighted by Crippen LogP contribution is -2.20. The smallest absolute Gasteiger partial charge is 0.325 e. The minimum absolute atomic E-state index is 0.239. The standard InChI is InChI=1S/C8H8FNO4/c9-4-2-5(11)3(1-6(4)12)7(10)8(13)14/h1-2,7,11-12H,10H2,(H,13,14). The van der Waals surface area contributed by atoms with Gasteiger partial charge in [-0.05, 0) is 6.07 Å². The summed E-state index contributed by atoms with van der Waals surface area (Å²) in [5.74, 6) is -3.78. The molecule has 0 saturated heterocycles. The second-order valence-electron chi connectivity index (χ2n) is 2.68. The van der Waals surface area contributed by atoms with E-state index in [2.05, 4.69) is 0 Å². The summed E-state index contributed by atoms with van der Waals surface area (Å²) >= 11 is 0. The fraction of sp³-hybridized carbons (Fsp3) is 0.125. The molecule has 0 fully saturated rings. The van der Waals surface area contributed by atoms with Crippen LogP contribution in [-0.2, 0) is 4.79 Å². The van der Waals surface area contributed by atoms with E-state index >= 15 is 0 Å². The van der Waals surface area contributed by atoms with Crippen LogP contribution in [0.25, 0.3) is 0 Å². The van der Waals surface area contributed by atoms with E-state index in [9.17, 15) is 9.18 Å². The molecule has 1 unspecified atom stereocenters. The van der Waals surface area contributed by atoms with Crippen molar-refractivity contribution in [3.8, 4) is 11.5 Å². The fourth-order valence-corrected chi connectivity index (χ4v) is 0.950. The van der Waals surface area contributed by atoms with Crippen molar-refractivity contribution in [3.63, 3.8) is 0 Å². The molecule has 1 aromatic rings. The monoisotopic (exact) mass is 201 g/mol. The van der Waals surface area contributed by atoms with Crippen LogP contribution in [0.5, 0.6) is 11.5 Å². The van der Waals surface area contributed by atoms with Crippen LogP contribution >= 0.6 is 0 Å². The Balaban J connectivity index is 3.22. The van der Waals surface area contributed by atoms with Crippen LogP contribution in [0.1, 0.15) is 11.6 Å². The van der Waals surface area contributed by atoms with Crippen molar-refractivity contribution in [1.82, 2.24) is 0 Å². The first-order valence-electron chi connectivity index (χ1n) is 3.63. The zero-order chi connectivity index (χ0) is 10.9. The molecule has 1 aromatic carbocycles. The summed E-state index contributed by atoms with van der Waals surface area (Å²) in [6.07, 6.45) is 0. The predicted octanol–water partition coefficient (Wildman–Crippen LogP) is 0.321. The fourth-order valence-electron chi connectivity index (χ4n) is 0.950. The van der Waals surface area contributed by atoms with Gasteiger partial charge in [0.2, 0.25) is 0 Å². The summed E-state index contributed by atoms with van der Waals surface area (Å²) in [6.45, 7) is 0. The Morgan fingerprint density at radius 2 is 1.93 bits per heavy atom. The molecule has 5 N–H and O–H groups in total. The quantitative estimate of drug-likeness (QED) is 0.516. The molecule has 0 aromatic heterocycles. The van der Waals surface area contributed by atoms with Crippen molar-refractivity contribution in [1.29, 1.82) is 0 Å². The van der Waals surface area contributed by atoms with Crippen LogP contribution in [0.15, 0.2) is 12.1 Å². The summed E-state index contributed by atoms with van der Waals surface area (Å²) in [5, 5.41) is 26.6. The van der Waals surface area contributed by atoms with Crippen LogP contribution in [-0.4, -0.2) is 21.3 Å². The van der Waals surface area contributed by atoms with Gasteiger partial charge in [-0.1, -0.05) is 0 Å². The first-order chi connectivity index (χ1) is 6.43. The number of phenols is 2. The van der Waals surface area contributed by atoms with Gasteiger partial charge >= 0.3 is 5.97 Å². The molecule has 1 rings (SSSR count). The summed E-state index contributed by atoms with van der Waals surface area (Å²) < 4.78 is 12.6. The summed E-state index contributed by atoms with van der Waals surface area (Å²) in [7, 11) is 0. The van der Waals surface area contributed by atoms with E-state index < -0.39 is 29.3 Å². The van der Waals surface area contributed by atoms with Crippen molar-refractivity contribution in [2.75, 3.05) is 0 Å². The Morgan fingerprint density at radius 3 is 2.43 bits per heavy atom. The minimum atomic E-state index is -1.50. The topological polar surface area (TPSA) is 104 Å². The number of carboxylic acids is 1. The van der Waals surface area contributed by atoms with Gasteiger partial charge in [-0.25, -0.2) is 4.39 Å². The number of rotatable bonds is 2. The highest BCUT2D eigenvalue weighted by molar-refractivity contribution is 5.76. The Morgan fingerprint density at radius 1 is 1.36 bits per heavy atom. The van der Waals surface area contributed by atoms with Crippen LogP contribution in [0.3, 0.4) is 0 Å². The Hall–Kier alpha value is -1.82. The second kappa shape index (κ2) is 3.51. The third-order valence-corrected chi connectivity index (χ3v) is 1.70. The average molecular weight is 201 g/mol. The summed E-state index contributed by atoms with van der Waals surface area (Å²) in [6, 6.07) is -0.113. The molecule has 0 aliphatic heterocycles. The zero-order valence-electron chi connectivity index (χ0n) is 6.94. The summed E-state index contributed by atoms with van der Waals surface area (Å²) in [5.41, 5.74) is 4.93. The van der Waals surface area contributed by atoms with Gasteiger partial charge in [-0.3, -0.25) is 4.79 Å². The Bertz CT molecular complexity index is 380. The van der Waals surface area contributed by atoms with Gasteiger partial charge in [0.05, 0.1) is 0 Å². The number of benzene rings is 1. The van der Waals surface area contributed by atoms with E-state index in [0.717, 1.165) is 6.07 Å². The van der Waals surface area contributed by atoms with Crippen molar-refractivity contribution in [2.24, 2.45) is 5.73 Å². The largest absolute Gasteiger partial charge is 0.507 e. The van der Waals surface area contributed by atoms with Crippen molar-refractivity contribution in [2.45, 2.75) is 6.04 Å². The number of aliphatic carboxylic acids is 1. The molecular formula is C8H8FNO4. The maximum atomic E-state index is 12.6. The number of nitrogens with two attached hydrogens (primary N) is 1. The summed E-state index contributed by atoms with van der Waals surface area (Å²) in [4.78, 5) is 10.4. The zero-order valence-corrected chi connectivity index (χ0v) is 6.94. The maximum Gasteiger partial charge on any atom is 0.325 e. The lowest BCUT2D eigenvalue weighted by Gasteiger charge is -2.09. The number of hydrogen-bond acceptors (Lipinski definition) is 4. The first kappa shape index (κ1) is 10.3. The van der Waals surface area contributed by atoms with Gasteiger partial charge in [-0.15, -0.1) is 0 Å². The molecule has 0 spiro atoms. The molecule has 6 heteroatoms. The van der Waals surface area contributed by atoms with E-state index in [1.54, 1.807) is 0 Å². The second-order valence-corrected chi connectivity index (χ2v) is 2.68. The van der Waals surface area contributed by atoms with Crippen molar-refractivity contribution >= 4 is 5.97 Å². The van der Waals surface area contributed by atoms with Gasteiger partial charge < -0.3 is 21.1 Å². The minimum Gasteiger partial charge on any atom is -0.507 e. The van der Waals surface area contributed by atoms with Gasteiger partial charge in [0.15, 0.2) is 11.6 Å². The number of aromatic hydroxyl groups is 2. The maximum absolute atomic E-state index is 12.6. The molecule has 0 heterocycles. The van der Waals surface area contributed by atoms with Gasteiger partial charge in [0, 0.05) is 11.6 Å². The van der Waals surface area contributed by atoms with Gasteiger partial charge in [-0.2, -0.15) is 0 Å². The van der Waals surface area contributed by atoms with Crippen LogP contribution in [0.4, 0.5) is 4.39 Å². The molecule has 0 bridgehead atoms. The highest BCUT2D eigenvalue weighted by Gasteiger charge is 2.20. The van der Waals surface area contributed by atoms with E-state index in [-0.39, 0.29) is 5.56 Å². The van der Waals surface area contributed by atoms with Crippen LogP contribution < -0.4 is 5.73 Å². The lowest BCUT2D eigenvalue weighted by atomic mass is 10.1. The molecule has 0 radical (unpaired) electrons. The predicted molar refractivity (Wildman–Crippen MR) is 44.3 cm³/mol. The van der Waals surface area contributed by atoms with Gasteiger partial charge in [0.1, 0.15) is 11.8 Å². The van der Waals surface area contributed by atoms with Crippen LogP contribution in [0.2, 0.25) is 0 Å². The Kier molecular flexibility index (Phi) is 2.57. The molecule has 1 atom stereocenters. The highest BCUT2D eigenvalue weighted by Crippen LogP contribution is 2.29. The number of hydrogen-bond donors (Lipinski definition) is 4. The SMILES string of the molecule is NC(C(=O)O)c1cc(O)c(F)cc1O. The average Bonchev–Trinajstić information content (AvgIpc) is 2.10. The molecule has 14 heavy (non-hydrogen) atoms. The molecule has 0 amide bonds. The number of halogens is 1. The van der Waals surface area contributed by atoms with Crippen molar-refractivity contribution in [3.05, 3.63) is 23.5 Å². The van der Waals surface area contributed by atoms with Crippen LogP contribution in [0, 0.1) is 5.82 Å². The molecule has 0 saturated carbocycles. The van der Waals surface area contributed by atoms with Crippen molar-refractivity contribution < 1.29 is 24.5 Å². The molecule has 0 aliphatic carbocycles. The molecule has 5 nitrogen and oxygen atoms in total. The molecular weight excluding hydrogens is 193 g/mol. The molecule has 0 aliphatic rings. The molecule has 76 valence electrons. The van der Waals surface area contributed by atoms with E-state index in [1.165, 1.54) is 0 Å². The third-order valence-electron chi connectivity index (χ3n) is 1.70. The first-order valence-corrected chi connectivity index (χ1v) is 3.63. The van der Waals surface area contributed by atoms with E-state index in [1.807, 2.05) is 0 Å². The van der Waals surface area contributed by atoms with Gasteiger partial charge in [0.25, 0.3) is 0 Å². The van der Waals surface area contributed by atoms with E-state index in [0.29, 0.717) is 6.07 Å². The third kappa shape index (κ3) is 1.74. The van der Waals surface area contributed by atoms with E-state index in [4.69, 9.17) is 21.1 Å². The highest BCUT2D eigenvalue weighted by atomic mass is 19.1. The Labute approximate surface area is 78.2 Å². The normalized spacial score (nSPS) is 12.4. The number of carbonyl (C=O) groups is 1. The number of phenolic OH excluding ortho intramolecular Hbond substituents is 2.